The summed E-state index contributed by atoms with van der Waals surface area (Å²) < 4.78 is 5.69. The summed E-state index contributed by atoms with van der Waals surface area (Å²) in [6, 6.07) is 28.5. The molecule has 0 radical (unpaired) electrons. The topological polar surface area (TPSA) is 30.2 Å². The molecule has 0 bridgehead atoms. The molecule has 2 heteroatoms. The zero-order valence-electron chi connectivity index (χ0n) is 15.4. The molecule has 4 aromatic rings. The van der Waals surface area contributed by atoms with E-state index in [2.05, 4.69) is 42.5 Å². The molecule has 1 aliphatic carbocycles. The van der Waals surface area contributed by atoms with Gasteiger partial charge in [0.15, 0.2) is 0 Å². The van der Waals surface area contributed by atoms with E-state index in [9.17, 15) is 4.79 Å². The van der Waals surface area contributed by atoms with Crippen molar-refractivity contribution >= 4 is 17.0 Å². The molecule has 0 N–H and O–H groups in total. The van der Waals surface area contributed by atoms with Crippen LogP contribution in [0.2, 0.25) is 0 Å². The lowest BCUT2D eigenvalue weighted by atomic mass is 9.86. The minimum absolute atomic E-state index is 0.0111. The average Bonchev–Trinajstić information content (AvgIpc) is 3.14. The molecule has 136 valence electrons. The van der Waals surface area contributed by atoms with Crippen molar-refractivity contribution in [2.24, 2.45) is 5.92 Å². The van der Waals surface area contributed by atoms with E-state index in [0.29, 0.717) is 5.58 Å². The molecule has 0 saturated heterocycles. The molecule has 1 aliphatic rings. The Morgan fingerprint density at radius 3 is 2.29 bits per heavy atom. The third-order valence-electron chi connectivity index (χ3n) is 5.63. The molecular formula is C26H20O2. The largest absolute Gasteiger partial charge is 0.422 e. The maximum atomic E-state index is 12.9. The Labute approximate surface area is 163 Å². The molecule has 0 amide bonds. The van der Waals surface area contributed by atoms with Crippen LogP contribution in [0.5, 0.6) is 0 Å². The Bertz CT molecular complexity index is 1200. The molecular weight excluding hydrogens is 344 g/mol. The Balaban J connectivity index is 1.67. The molecule has 3 aromatic carbocycles. The van der Waals surface area contributed by atoms with Gasteiger partial charge in [0.05, 0.1) is 0 Å². The van der Waals surface area contributed by atoms with Gasteiger partial charge in [0.25, 0.3) is 0 Å². The maximum Gasteiger partial charge on any atom is 0.340 e. The maximum absolute atomic E-state index is 12.9. The Morgan fingerprint density at radius 1 is 0.821 bits per heavy atom. The number of fused-ring (bicyclic) bond motifs is 3. The van der Waals surface area contributed by atoms with E-state index in [4.69, 9.17) is 4.42 Å². The SMILES string of the molecule is O=c1oc2ccccc2c2c1[C@H](c1ccccc1)[C@@H](/C=C/c1ccccc1)C2. The molecule has 5 rings (SSSR count). The second-order valence-electron chi connectivity index (χ2n) is 7.30. The van der Waals surface area contributed by atoms with E-state index in [1.807, 2.05) is 54.6 Å². The molecule has 0 aliphatic heterocycles. The number of para-hydroxylation sites is 1. The molecule has 1 heterocycles. The number of allylic oxidation sites excluding steroid dienone is 1. The highest BCUT2D eigenvalue weighted by molar-refractivity contribution is 5.82. The molecule has 0 saturated carbocycles. The molecule has 0 spiro atoms. The Morgan fingerprint density at radius 2 is 1.50 bits per heavy atom. The molecule has 2 atom stereocenters. The third-order valence-corrected chi connectivity index (χ3v) is 5.63. The predicted octanol–water partition coefficient (Wildman–Crippen LogP) is 5.81. The molecule has 0 unspecified atom stereocenters. The zero-order valence-corrected chi connectivity index (χ0v) is 15.4. The summed E-state index contributed by atoms with van der Waals surface area (Å²) in [5.74, 6) is 0.225. The van der Waals surface area contributed by atoms with E-state index < -0.39 is 0 Å². The van der Waals surface area contributed by atoms with Gasteiger partial charge in [-0.25, -0.2) is 4.79 Å². The number of hydrogen-bond acceptors (Lipinski definition) is 2. The van der Waals surface area contributed by atoms with Crippen molar-refractivity contribution < 1.29 is 4.42 Å². The number of hydrogen-bond donors (Lipinski definition) is 0. The molecule has 1 aromatic heterocycles. The van der Waals surface area contributed by atoms with Crippen LogP contribution in [0.25, 0.3) is 17.0 Å². The van der Waals surface area contributed by atoms with E-state index in [1.54, 1.807) is 0 Å². The lowest BCUT2D eigenvalue weighted by Gasteiger charge is -2.17. The van der Waals surface area contributed by atoms with Gasteiger partial charge in [-0.15, -0.1) is 0 Å². The Kier molecular flexibility index (Phi) is 4.17. The van der Waals surface area contributed by atoms with Gasteiger partial charge in [0.1, 0.15) is 5.58 Å². The number of rotatable bonds is 3. The Hall–Kier alpha value is -3.39. The van der Waals surface area contributed by atoms with Crippen molar-refractivity contribution in [2.45, 2.75) is 12.3 Å². The minimum atomic E-state index is -0.210. The third kappa shape index (κ3) is 2.87. The van der Waals surface area contributed by atoms with E-state index in [-0.39, 0.29) is 17.5 Å². The van der Waals surface area contributed by atoms with Crippen LogP contribution in [0.1, 0.15) is 28.2 Å². The second kappa shape index (κ2) is 6.97. The van der Waals surface area contributed by atoms with E-state index in [0.717, 1.165) is 28.5 Å². The van der Waals surface area contributed by atoms with Crippen LogP contribution in [0.15, 0.2) is 100 Å². The fourth-order valence-electron chi connectivity index (χ4n) is 4.38. The predicted molar refractivity (Wildman–Crippen MR) is 113 cm³/mol. The minimum Gasteiger partial charge on any atom is -0.422 e. The first kappa shape index (κ1) is 16.8. The first-order valence-electron chi connectivity index (χ1n) is 9.64. The van der Waals surface area contributed by atoms with Gasteiger partial charge in [0.2, 0.25) is 0 Å². The lowest BCUT2D eigenvalue weighted by Crippen LogP contribution is -2.14. The van der Waals surface area contributed by atoms with Crippen molar-refractivity contribution in [1.29, 1.82) is 0 Å². The van der Waals surface area contributed by atoms with Crippen LogP contribution >= 0.6 is 0 Å². The van der Waals surface area contributed by atoms with Gasteiger partial charge >= 0.3 is 5.63 Å². The highest BCUT2D eigenvalue weighted by Gasteiger charge is 2.36. The lowest BCUT2D eigenvalue weighted by molar-refractivity contribution is 0.538. The van der Waals surface area contributed by atoms with E-state index in [1.165, 1.54) is 5.56 Å². The van der Waals surface area contributed by atoms with Crippen molar-refractivity contribution in [3.05, 3.63) is 124 Å². The summed E-state index contributed by atoms with van der Waals surface area (Å²) in [7, 11) is 0. The van der Waals surface area contributed by atoms with Crippen molar-refractivity contribution in [3.8, 4) is 0 Å². The van der Waals surface area contributed by atoms with Gasteiger partial charge in [-0.1, -0.05) is 91.0 Å². The van der Waals surface area contributed by atoms with Crippen LogP contribution in [0.4, 0.5) is 0 Å². The first-order valence-corrected chi connectivity index (χ1v) is 9.64. The summed E-state index contributed by atoms with van der Waals surface area (Å²) in [5.41, 5.74) is 4.73. The summed E-state index contributed by atoms with van der Waals surface area (Å²) in [5, 5.41) is 1.05. The van der Waals surface area contributed by atoms with Gasteiger partial charge < -0.3 is 4.42 Å². The van der Waals surface area contributed by atoms with Crippen LogP contribution in [-0.2, 0) is 6.42 Å². The van der Waals surface area contributed by atoms with Gasteiger partial charge in [-0.05, 0) is 35.1 Å². The second-order valence-corrected chi connectivity index (χ2v) is 7.30. The van der Waals surface area contributed by atoms with Gasteiger partial charge in [-0.3, -0.25) is 0 Å². The van der Waals surface area contributed by atoms with Crippen LogP contribution in [0, 0.1) is 5.92 Å². The summed E-state index contributed by atoms with van der Waals surface area (Å²) in [4.78, 5) is 12.9. The molecule has 28 heavy (non-hydrogen) atoms. The van der Waals surface area contributed by atoms with Crippen LogP contribution in [-0.4, -0.2) is 0 Å². The standard InChI is InChI=1S/C26H20O2/c27-26-25-22(21-13-7-8-14-23(21)28-26)17-20(16-15-18-9-3-1-4-10-18)24(25)19-11-5-2-6-12-19/h1-16,20,24H,17H2/b16-15+/t20-,24+/m0/s1. The van der Waals surface area contributed by atoms with Crippen molar-refractivity contribution in [3.63, 3.8) is 0 Å². The molecule has 2 nitrogen and oxygen atoms in total. The van der Waals surface area contributed by atoms with Crippen molar-refractivity contribution in [2.75, 3.05) is 0 Å². The van der Waals surface area contributed by atoms with E-state index >= 15 is 0 Å². The summed E-state index contributed by atoms with van der Waals surface area (Å²) in [6.07, 6.45) is 5.25. The smallest absolute Gasteiger partial charge is 0.340 e. The van der Waals surface area contributed by atoms with Crippen LogP contribution in [0.3, 0.4) is 0 Å². The number of benzene rings is 3. The summed E-state index contributed by atoms with van der Waals surface area (Å²) >= 11 is 0. The highest BCUT2D eigenvalue weighted by atomic mass is 16.4. The monoisotopic (exact) mass is 364 g/mol. The quantitative estimate of drug-likeness (QED) is 0.429. The average molecular weight is 364 g/mol. The fraction of sp³-hybridized carbons (Fsp3) is 0.115. The van der Waals surface area contributed by atoms with Gasteiger partial charge in [-0.2, -0.15) is 0 Å². The molecule has 0 fully saturated rings. The normalized spacial score (nSPS) is 18.6. The fourth-order valence-corrected chi connectivity index (χ4v) is 4.38. The first-order chi connectivity index (χ1) is 13.8. The van der Waals surface area contributed by atoms with Gasteiger partial charge in [0, 0.05) is 16.9 Å². The highest BCUT2D eigenvalue weighted by Crippen LogP contribution is 2.44. The van der Waals surface area contributed by atoms with Crippen LogP contribution < -0.4 is 5.63 Å². The van der Waals surface area contributed by atoms with Crippen molar-refractivity contribution in [1.82, 2.24) is 0 Å². The summed E-state index contributed by atoms with van der Waals surface area (Å²) in [6.45, 7) is 0. The zero-order chi connectivity index (χ0) is 18.9.